The van der Waals surface area contributed by atoms with Crippen LogP contribution in [0, 0.1) is 5.82 Å². The van der Waals surface area contributed by atoms with E-state index in [4.69, 9.17) is 4.74 Å². The molecule has 0 aliphatic rings. The topological polar surface area (TPSA) is 26.3 Å². The van der Waals surface area contributed by atoms with Gasteiger partial charge in [0.05, 0.1) is 7.11 Å². The lowest BCUT2D eigenvalue weighted by atomic mass is 10.0. The normalized spacial score (nSPS) is 10.2. The van der Waals surface area contributed by atoms with Crippen LogP contribution in [-0.2, 0) is 0 Å². The minimum Gasteiger partial charge on any atom is -0.497 e. The average Bonchev–Trinajstić information content (AvgIpc) is 2.39. The third-order valence-electron chi connectivity index (χ3n) is 2.77. The Labute approximate surface area is 105 Å². The average molecular weight is 244 g/mol. The molecule has 92 valence electrons. The van der Waals surface area contributed by atoms with Crippen molar-refractivity contribution in [3.8, 4) is 16.9 Å². The molecule has 0 saturated heterocycles. The summed E-state index contributed by atoms with van der Waals surface area (Å²) in [6.45, 7) is 1.46. The van der Waals surface area contributed by atoms with Crippen molar-refractivity contribution in [1.29, 1.82) is 0 Å². The summed E-state index contributed by atoms with van der Waals surface area (Å²) in [5.74, 6) is 0.289. The molecule has 0 spiro atoms. The van der Waals surface area contributed by atoms with Gasteiger partial charge < -0.3 is 4.74 Å². The van der Waals surface area contributed by atoms with E-state index in [9.17, 15) is 9.18 Å². The van der Waals surface area contributed by atoms with Gasteiger partial charge in [-0.2, -0.15) is 0 Å². The van der Waals surface area contributed by atoms with Gasteiger partial charge in [0, 0.05) is 11.1 Å². The summed E-state index contributed by atoms with van der Waals surface area (Å²) < 4.78 is 18.8. The molecule has 0 atom stereocenters. The largest absolute Gasteiger partial charge is 0.497 e. The fraction of sp³-hybridized carbons (Fsp3) is 0.133. The Morgan fingerprint density at radius 1 is 1.11 bits per heavy atom. The number of methoxy groups -OCH3 is 1. The lowest BCUT2D eigenvalue weighted by Crippen LogP contribution is -1.94. The predicted octanol–water partition coefficient (Wildman–Crippen LogP) is 3.70. The van der Waals surface area contributed by atoms with Gasteiger partial charge in [-0.05, 0) is 42.8 Å². The third kappa shape index (κ3) is 2.40. The zero-order valence-corrected chi connectivity index (χ0v) is 10.2. The van der Waals surface area contributed by atoms with Crippen LogP contribution in [0.5, 0.6) is 5.75 Å². The Morgan fingerprint density at radius 3 is 2.33 bits per heavy atom. The molecule has 0 aromatic heterocycles. The van der Waals surface area contributed by atoms with Crippen molar-refractivity contribution < 1.29 is 13.9 Å². The van der Waals surface area contributed by atoms with Crippen LogP contribution in [0.2, 0.25) is 0 Å². The highest BCUT2D eigenvalue weighted by Crippen LogP contribution is 2.26. The molecular formula is C15H13FO2. The second-order valence-electron chi connectivity index (χ2n) is 3.98. The van der Waals surface area contributed by atoms with Gasteiger partial charge in [-0.1, -0.05) is 12.1 Å². The van der Waals surface area contributed by atoms with Crippen LogP contribution in [0.1, 0.15) is 17.3 Å². The van der Waals surface area contributed by atoms with Crippen LogP contribution in [0.4, 0.5) is 4.39 Å². The van der Waals surface area contributed by atoms with E-state index in [0.717, 1.165) is 5.56 Å². The van der Waals surface area contributed by atoms with Crippen molar-refractivity contribution in [3.05, 3.63) is 53.8 Å². The first-order chi connectivity index (χ1) is 8.61. The van der Waals surface area contributed by atoms with Crippen molar-refractivity contribution in [1.82, 2.24) is 0 Å². The van der Waals surface area contributed by atoms with Crippen molar-refractivity contribution in [2.45, 2.75) is 6.92 Å². The van der Waals surface area contributed by atoms with E-state index >= 15 is 0 Å². The molecule has 2 nitrogen and oxygen atoms in total. The number of hydrogen-bond donors (Lipinski definition) is 0. The van der Waals surface area contributed by atoms with Gasteiger partial charge in [0.2, 0.25) is 0 Å². The highest BCUT2D eigenvalue weighted by molar-refractivity contribution is 5.95. The van der Waals surface area contributed by atoms with Crippen molar-refractivity contribution in [2.75, 3.05) is 7.11 Å². The number of benzene rings is 2. The Hall–Kier alpha value is -2.16. The SMILES string of the molecule is COc1ccc(-c2cc(C(C)=O)ccc2F)cc1. The molecule has 0 aliphatic heterocycles. The highest BCUT2D eigenvalue weighted by Gasteiger charge is 2.08. The minimum atomic E-state index is -0.342. The van der Waals surface area contributed by atoms with E-state index in [1.807, 2.05) is 0 Å². The van der Waals surface area contributed by atoms with E-state index in [2.05, 4.69) is 0 Å². The maximum Gasteiger partial charge on any atom is 0.159 e. The van der Waals surface area contributed by atoms with Crippen LogP contribution < -0.4 is 4.74 Å². The Bertz CT molecular complexity index is 574. The zero-order valence-electron chi connectivity index (χ0n) is 10.2. The van der Waals surface area contributed by atoms with Gasteiger partial charge in [-0.25, -0.2) is 4.39 Å². The second kappa shape index (κ2) is 5.00. The number of hydrogen-bond acceptors (Lipinski definition) is 2. The third-order valence-corrected chi connectivity index (χ3v) is 2.77. The Kier molecular flexibility index (Phi) is 3.42. The van der Waals surface area contributed by atoms with E-state index in [1.54, 1.807) is 37.4 Å². The number of halogens is 1. The van der Waals surface area contributed by atoms with Gasteiger partial charge in [0.15, 0.2) is 5.78 Å². The van der Waals surface area contributed by atoms with Crippen LogP contribution in [-0.4, -0.2) is 12.9 Å². The summed E-state index contributed by atoms with van der Waals surface area (Å²) >= 11 is 0. The zero-order chi connectivity index (χ0) is 13.1. The first kappa shape index (κ1) is 12.3. The molecule has 2 aromatic carbocycles. The van der Waals surface area contributed by atoms with Gasteiger partial charge in [-0.3, -0.25) is 4.79 Å². The molecule has 2 rings (SSSR count). The summed E-state index contributed by atoms with van der Waals surface area (Å²) in [5, 5.41) is 0. The molecule has 0 heterocycles. The summed E-state index contributed by atoms with van der Waals surface area (Å²) in [5.41, 5.74) is 1.64. The van der Waals surface area contributed by atoms with E-state index in [1.165, 1.54) is 19.1 Å². The van der Waals surface area contributed by atoms with Crippen molar-refractivity contribution in [2.24, 2.45) is 0 Å². The van der Waals surface area contributed by atoms with Crippen molar-refractivity contribution >= 4 is 5.78 Å². The molecule has 18 heavy (non-hydrogen) atoms. The van der Waals surface area contributed by atoms with Gasteiger partial charge >= 0.3 is 0 Å². The van der Waals surface area contributed by atoms with Gasteiger partial charge in [0.25, 0.3) is 0 Å². The number of carbonyl (C=O) groups excluding carboxylic acids is 1. The molecule has 0 saturated carbocycles. The fourth-order valence-electron chi connectivity index (χ4n) is 1.74. The van der Waals surface area contributed by atoms with Crippen LogP contribution in [0.25, 0.3) is 11.1 Å². The molecule has 2 aromatic rings. The first-order valence-electron chi connectivity index (χ1n) is 5.56. The molecule has 0 radical (unpaired) electrons. The van der Waals surface area contributed by atoms with Crippen molar-refractivity contribution in [3.63, 3.8) is 0 Å². The molecule has 0 aliphatic carbocycles. The quantitative estimate of drug-likeness (QED) is 0.769. The van der Waals surface area contributed by atoms with E-state index in [0.29, 0.717) is 16.9 Å². The maximum absolute atomic E-state index is 13.8. The molecule has 0 unspecified atom stereocenters. The summed E-state index contributed by atoms with van der Waals surface area (Å²) in [4.78, 5) is 11.3. The number of ketones is 1. The Morgan fingerprint density at radius 2 is 1.78 bits per heavy atom. The number of rotatable bonds is 3. The summed E-state index contributed by atoms with van der Waals surface area (Å²) in [6.07, 6.45) is 0. The molecular weight excluding hydrogens is 231 g/mol. The summed E-state index contributed by atoms with van der Waals surface area (Å²) in [6, 6.07) is 11.4. The van der Waals surface area contributed by atoms with Crippen LogP contribution in [0.3, 0.4) is 0 Å². The number of ether oxygens (including phenoxy) is 1. The van der Waals surface area contributed by atoms with E-state index < -0.39 is 0 Å². The molecule has 0 N–H and O–H groups in total. The van der Waals surface area contributed by atoms with Gasteiger partial charge in [0.1, 0.15) is 11.6 Å². The lowest BCUT2D eigenvalue weighted by molar-refractivity contribution is 0.101. The lowest BCUT2D eigenvalue weighted by Gasteiger charge is -2.06. The number of carbonyl (C=O) groups is 1. The van der Waals surface area contributed by atoms with Crippen LogP contribution in [0.15, 0.2) is 42.5 Å². The standard InChI is InChI=1S/C15H13FO2/c1-10(17)12-5-8-15(16)14(9-12)11-3-6-13(18-2)7-4-11/h3-9H,1-2H3. The predicted molar refractivity (Wildman–Crippen MR) is 68.4 cm³/mol. The first-order valence-corrected chi connectivity index (χ1v) is 5.56. The molecule has 3 heteroatoms. The number of Topliss-reactive ketones (excluding diaryl/α,β-unsaturated/α-hetero) is 1. The Balaban J connectivity index is 2.48. The second-order valence-corrected chi connectivity index (χ2v) is 3.98. The minimum absolute atomic E-state index is 0.0789. The fourth-order valence-corrected chi connectivity index (χ4v) is 1.74. The van der Waals surface area contributed by atoms with Crippen LogP contribution >= 0.6 is 0 Å². The smallest absolute Gasteiger partial charge is 0.159 e. The maximum atomic E-state index is 13.8. The summed E-state index contributed by atoms with van der Waals surface area (Å²) in [7, 11) is 1.58. The molecule has 0 fully saturated rings. The monoisotopic (exact) mass is 244 g/mol. The van der Waals surface area contributed by atoms with Gasteiger partial charge in [-0.15, -0.1) is 0 Å². The molecule has 0 amide bonds. The molecule has 0 bridgehead atoms. The van der Waals surface area contributed by atoms with E-state index in [-0.39, 0.29) is 11.6 Å². The highest BCUT2D eigenvalue weighted by atomic mass is 19.1.